The van der Waals surface area contributed by atoms with E-state index in [0.717, 1.165) is 23.0 Å². The van der Waals surface area contributed by atoms with E-state index in [0.29, 0.717) is 39.4 Å². The molecule has 5 nitrogen and oxygen atoms in total. The standard InChI is InChI=1S/C22H34N2O3Si/c1-7-17-10-11-18-19(23-17)21(8-2,9-3)20(25)24(22(18)14-27-15-22)16-26-12-13-28(4,5)6/h7,10-11H,1,8-9,12-16H2,2-6H3. The van der Waals surface area contributed by atoms with Crippen molar-refractivity contribution in [1.29, 1.82) is 0 Å². The normalized spacial score (nSPS) is 20.0. The van der Waals surface area contributed by atoms with Crippen LogP contribution in [-0.2, 0) is 25.2 Å². The third kappa shape index (κ3) is 3.35. The highest BCUT2D eigenvalue weighted by Gasteiger charge is 2.59. The van der Waals surface area contributed by atoms with Gasteiger partial charge in [0.2, 0.25) is 5.91 Å². The van der Waals surface area contributed by atoms with E-state index in [1.807, 2.05) is 11.0 Å². The van der Waals surface area contributed by atoms with Crippen molar-refractivity contribution in [3.05, 3.63) is 35.7 Å². The third-order valence-corrected chi connectivity index (χ3v) is 8.06. The van der Waals surface area contributed by atoms with Crippen LogP contribution in [-0.4, -0.2) is 50.4 Å². The first-order valence-corrected chi connectivity index (χ1v) is 14.1. The Kier molecular flexibility index (Phi) is 5.85. The second-order valence-electron chi connectivity index (χ2n) is 9.23. The van der Waals surface area contributed by atoms with Gasteiger partial charge in [-0.25, -0.2) is 0 Å². The van der Waals surface area contributed by atoms with Gasteiger partial charge in [-0.05, 0) is 31.0 Å². The molecule has 0 saturated carbocycles. The third-order valence-electron chi connectivity index (χ3n) is 6.36. The topological polar surface area (TPSA) is 51.7 Å². The number of aromatic nitrogens is 1. The lowest BCUT2D eigenvalue weighted by Gasteiger charge is -2.56. The molecular weight excluding hydrogens is 368 g/mol. The zero-order chi connectivity index (χ0) is 20.6. The van der Waals surface area contributed by atoms with E-state index in [1.165, 1.54) is 0 Å². The van der Waals surface area contributed by atoms with Crippen LogP contribution < -0.4 is 0 Å². The molecule has 0 aliphatic carbocycles. The molecule has 2 aliphatic heterocycles. The van der Waals surface area contributed by atoms with Crippen LogP contribution in [0.5, 0.6) is 0 Å². The number of hydrogen-bond acceptors (Lipinski definition) is 4. The Morgan fingerprint density at radius 3 is 2.46 bits per heavy atom. The molecule has 6 heteroatoms. The molecule has 0 aromatic carbocycles. The first-order chi connectivity index (χ1) is 13.2. The van der Waals surface area contributed by atoms with Crippen LogP contribution in [0.4, 0.5) is 0 Å². The number of fused-ring (bicyclic) bond motifs is 2. The molecule has 2 aliphatic rings. The van der Waals surface area contributed by atoms with Gasteiger partial charge >= 0.3 is 0 Å². The zero-order valence-electron chi connectivity index (χ0n) is 18.0. The second kappa shape index (κ2) is 7.73. The van der Waals surface area contributed by atoms with E-state index >= 15 is 0 Å². The lowest BCUT2D eigenvalue weighted by atomic mass is 9.67. The number of rotatable bonds is 8. The lowest BCUT2D eigenvalue weighted by molar-refractivity contribution is -0.198. The monoisotopic (exact) mass is 402 g/mol. The van der Waals surface area contributed by atoms with Crippen LogP contribution in [0.2, 0.25) is 25.7 Å². The van der Waals surface area contributed by atoms with Crippen molar-refractivity contribution in [3.8, 4) is 0 Å². The van der Waals surface area contributed by atoms with E-state index in [9.17, 15) is 4.79 Å². The van der Waals surface area contributed by atoms with Crippen LogP contribution in [0.3, 0.4) is 0 Å². The van der Waals surface area contributed by atoms with Gasteiger partial charge in [-0.15, -0.1) is 0 Å². The van der Waals surface area contributed by atoms with E-state index in [-0.39, 0.29) is 5.91 Å². The van der Waals surface area contributed by atoms with Gasteiger partial charge in [0.25, 0.3) is 0 Å². The van der Waals surface area contributed by atoms with Crippen LogP contribution >= 0.6 is 0 Å². The van der Waals surface area contributed by atoms with Gasteiger partial charge in [0.1, 0.15) is 12.3 Å². The Labute approximate surface area is 170 Å². The molecule has 1 aromatic heterocycles. The average Bonchev–Trinajstić information content (AvgIpc) is 2.63. The summed E-state index contributed by atoms with van der Waals surface area (Å²) in [5.74, 6) is 0.120. The largest absolute Gasteiger partial charge is 0.376 e. The van der Waals surface area contributed by atoms with E-state index in [4.69, 9.17) is 14.5 Å². The highest BCUT2D eigenvalue weighted by atomic mass is 28.3. The van der Waals surface area contributed by atoms with Crippen molar-refractivity contribution in [1.82, 2.24) is 9.88 Å². The molecule has 154 valence electrons. The van der Waals surface area contributed by atoms with Crippen LogP contribution in [0.15, 0.2) is 18.7 Å². The molecule has 1 saturated heterocycles. The molecule has 3 rings (SSSR count). The quantitative estimate of drug-likeness (QED) is 0.484. The van der Waals surface area contributed by atoms with Crippen molar-refractivity contribution in [2.24, 2.45) is 0 Å². The summed E-state index contributed by atoms with van der Waals surface area (Å²) in [6, 6.07) is 5.19. The molecule has 0 bridgehead atoms. The molecule has 0 N–H and O–H groups in total. The Morgan fingerprint density at radius 2 is 1.96 bits per heavy atom. The molecular formula is C22H34N2O3Si. The van der Waals surface area contributed by atoms with Crippen molar-refractivity contribution >= 4 is 20.1 Å². The molecule has 0 unspecified atom stereocenters. The maximum absolute atomic E-state index is 13.8. The number of nitrogens with zero attached hydrogens (tertiary/aromatic N) is 2. The van der Waals surface area contributed by atoms with Crippen LogP contribution in [0, 0.1) is 0 Å². The summed E-state index contributed by atoms with van der Waals surface area (Å²) in [5, 5.41) is 0. The van der Waals surface area contributed by atoms with Crippen molar-refractivity contribution in [2.45, 2.75) is 63.3 Å². The maximum atomic E-state index is 13.8. The minimum Gasteiger partial charge on any atom is -0.376 e. The summed E-state index contributed by atoms with van der Waals surface area (Å²) in [5.41, 5.74) is 1.76. The fourth-order valence-electron chi connectivity index (χ4n) is 4.24. The molecule has 0 atom stereocenters. The van der Waals surface area contributed by atoms with Crippen LogP contribution in [0.25, 0.3) is 6.08 Å². The Balaban J connectivity index is 1.99. The molecule has 1 spiro atoms. The van der Waals surface area contributed by atoms with E-state index < -0.39 is 19.0 Å². The lowest BCUT2D eigenvalue weighted by Crippen LogP contribution is -2.69. The maximum Gasteiger partial charge on any atom is 0.237 e. The first-order valence-electron chi connectivity index (χ1n) is 10.4. The molecule has 28 heavy (non-hydrogen) atoms. The zero-order valence-corrected chi connectivity index (χ0v) is 19.0. The van der Waals surface area contributed by atoms with Gasteiger partial charge < -0.3 is 14.4 Å². The molecule has 1 amide bonds. The van der Waals surface area contributed by atoms with Crippen LogP contribution in [0.1, 0.15) is 43.6 Å². The molecule has 3 heterocycles. The molecule has 1 fully saturated rings. The summed E-state index contributed by atoms with van der Waals surface area (Å²) in [4.78, 5) is 20.6. The number of amides is 1. The minimum atomic E-state index is -1.17. The summed E-state index contributed by atoms with van der Waals surface area (Å²) in [7, 11) is -1.17. The predicted octanol–water partition coefficient (Wildman–Crippen LogP) is 4.16. The van der Waals surface area contributed by atoms with Gasteiger partial charge in [0.15, 0.2) is 0 Å². The summed E-state index contributed by atoms with van der Waals surface area (Å²) < 4.78 is 11.7. The molecule has 1 aromatic rings. The summed E-state index contributed by atoms with van der Waals surface area (Å²) in [6.07, 6.45) is 3.17. The average molecular weight is 403 g/mol. The van der Waals surface area contributed by atoms with Gasteiger partial charge in [0.05, 0.1) is 30.0 Å². The number of hydrogen-bond donors (Lipinski definition) is 0. The van der Waals surface area contributed by atoms with E-state index in [1.54, 1.807) is 6.08 Å². The number of ether oxygens (including phenoxy) is 2. The predicted molar refractivity (Wildman–Crippen MR) is 115 cm³/mol. The van der Waals surface area contributed by atoms with E-state index in [2.05, 4.69) is 46.1 Å². The second-order valence-corrected chi connectivity index (χ2v) is 14.9. The highest BCUT2D eigenvalue weighted by molar-refractivity contribution is 6.76. The first kappa shape index (κ1) is 21.2. The summed E-state index contributed by atoms with van der Waals surface area (Å²) in [6.45, 7) is 17.0. The summed E-state index contributed by atoms with van der Waals surface area (Å²) >= 11 is 0. The number of carbonyl (C=O) groups is 1. The highest BCUT2D eigenvalue weighted by Crippen LogP contribution is 2.49. The fourth-order valence-corrected chi connectivity index (χ4v) is 4.99. The van der Waals surface area contributed by atoms with Gasteiger partial charge in [-0.3, -0.25) is 9.78 Å². The van der Waals surface area contributed by atoms with Crippen molar-refractivity contribution < 1.29 is 14.3 Å². The van der Waals surface area contributed by atoms with Crippen molar-refractivity contribution in [3.63, 3.8) is 0 Å². The minimum absolute atomic E-state index is 0.120. The number of carbonyl (C=O) groups excluding carboxylic acids is 1. The van der Waals surface area contributed by atoms with Crippen molar-refractivity contribution in [2.75, 3.05) is 26.6 Å². The smallest absolute Gasteiger partial charge is 0.237 e. The van der Waals surface area contributed by atoms with Gasteiger partial charge in [-0.1, -0.05) is 46.1 Å². The number of pyridine rings is 1. The SMILES string of the molecule is C=Cc1ccc2c(n1)C(CC)(CC)C(=O)N(COCC[Si](C)(C)C)C21COC1. The Hall–Kier alpha value is -1.50. The van der Waals surface area contributed by atoms with Gasteiger partial charge in [-0.2, -0.15) is 0 Å². The Morgan fingerprint density at radius 1 is 1.29 bits per heavy atom. The molecule has 0 radical (unpaired) electrons. The van der Waals surface area contributed by atoms with Gasteiger partial charge in [0, 0.05) is 20.2 Å². The Bertz CT molecular complexity index is 749. The fraction of sp³-hybridized carbons (Fsp3) is 0.636.